The van der Waals surface area contributed by atoms with Gasteiger partial charge in [0, 0.05) is 6.42 Å². The summed E-state index contributed by atoms with van der Waals surface area (Å²) in [7, 11) is 0. The predicted molar refractivity (Wildman–Crippen MR) is 51.3 cm³/mol. The lowest BCUT2D eigenvalue weighted by atomic mass is 10.1. The maximum absolute atomic E-state index is 10.4. The van der Waals surface area contributed by atoms with Crippen LogP contribution in [0.3, 0.4) is 0 Å². The van der Waals surface area contributed by atoms with Crippen LogP contribution in [0.1, 0.15) is 51.4 Å². The van der Waals surface area contributed by atoms with Gasteiger partial charge in [-0.2, -0.15) is 0 Å². The number of unbranched alkanes of at least 4 members (excludes halogenated alkanes) is 3. The average Bonchev–Trinajstić information content (AvgIpc) is 2.79. The Kier molecular flexibility index (Phi) is 4.67. The maximum Gasteiger partial charge on any atom is 0.221 e. The van der Waals surface area contributed by atoms with Crippen molar-refractivity contribution in [1.82, 2.24) is 0 Å². The molecule has 12 heavy (non-hydrogen) atoms. The second-order valence-electron chi connectivity index (χ2n) is 3.75. The molecule has 0 aliphatic heterocycles. The minimum atomic E-state index is -0.183. The highest BCUT2D eigenvalue weighted by molar-refractivity contribution is 6.63. The molecule has 1 nitrogen and oxygen atoms in total. The van der Waals surface area contributed by atoms with Crippen molar-refractivity contribution in [3.8, 4) is 0 Å². The van der Waals surface area contributed by atoms with E-state index in [2.05, 4.69) is 0 Å². The van der Waals surface area contributed by atoms with Gasteiger partial charge in [-0.3, -0.25) is 4.79 Å². The molecule has 0 atom stereocenters. The number of carbonyl (C=O) groups excluding carboxylic acids is 1. The lowest BCUT2D eigenvalue weighted by molar-refractivity contribution is -0.111. The van der Waals surface area contributed by atoms with Crippen LogP contribution in [0.25, 0.3) is 0 Å². The Balaban J connectivity index is 1.73. The molecule has 0 radical (unpaired) electrons. The molecule has 0 aromatic carbocycles. The molecule has 0 N–H and O–H groups in total. The van der Waals surface area contributed by atoms with Gasteiger partial charge in [0.2, 0.25) is 5.24 Å². The summed E-state index contributed by atoms with van der Waals surface area (Å²) in [5.41, 5.74) is 0. The van der Waals surface area contributed by atoms with Crippen molar-refractivity contribution in [2.75, 3.05) is 0 Å². The van der Waals surface area contributed by atoms with Crippen molar-refractivity contribution in [3.63, 3.8) is 0 Å². The fraction of sp³-hybridized carbons (Fsp3) is 0.900. The molecule has 0 unspecified atom stereocenters. The van der Waals surface area contributed by atoms with Gasteiger partial charge in [-0.05, 0) is 23.9 Å². The standard InChI is InChI=1S/C10H17ClO/c11-10(12)6-4-2-1-3-5-9-7-8-9/h9H,1-8H2. The van der Waals surface area contributed by atoms with E-state index >= 15 is 0 Å². The highest BCUT2D eigenvalue weighted by Crippen LogP contribution is 2.34. The summed E-state index contributed by atoms with van der Waals surface area (Å²) in [5, 5.41) is -0.183. The van der Waals surface area contributed by atoms with Gasteiger partial charge >= 0.3 is 0 Å². The number of halogens is 1. The van der Waals surface area contributed by atoms with Crippen molar-refractivity contribution in [3.05, 3.63) is 0 Å². The van der Waals surface area contributed by atoms with Crippen molar-refractivity contribution in [1.29, 1.82) is 0 Å². The molecule has 1 saturated carbocycles. The quantitative estimate of drug-likeness (QED) is 0.442. The molecular weight excluding hydrogens is 172 g/mol. The number of hydrogen-bond acceptors (Lipinski definition) is 1. The van der Waals surface area contributed by atoms with Gasteiger partial charge in [0.1, 0.15) is 0 Å². The molecule has 0 amide bonds. The first-order chi connectivity index (χ1) is 5.79. The monoisotopic (exact) mass is 188 g/mol. The van der Waals surface area contributed by atoms with Crippen LogP contribution in [0, 0.1) is 5.92 Å². The molecule has 1 rings (SSSR count). The van der Waals surface area contributed by atoms with E-state index in [1.165, 1.54) is 38.5 Å². The van der Waals surface area contributed by atoms with Gasteiger partial charge in [-0.25, -0.2) is 0 Å². The third-order valence-electron chi connectivity index (χ3n) is 2.43. The first-order valence-electron chi connectivity index (χ1n) is 4.97. The average molecular weight is 189 g/mol. The van der Waals surface area contributed by atoms with Crippen LogP contribution in [0.2, 0.25) is 0 Å². The number of hydrogen-bond donors (Lipinski definition) is 0. The smallest absolute Gasteiger partial charge is 0.221 e. The third-order valence-corrected chi connectivity index (χ3v) is 2.62. The number of rotatable bonds is 7. The molecule has 0 heterocycles. The molecule has 0 aromatic rings. The summed E-state index contributed by atoms with van der Waals surface area (Å²) in [4.78, 5) is 10.4. The van der Waals surface area contributed by atoms with E-state index in [-0.39, 0.29) is 5.24 Å². The van der Waals surface area contributed by atoms with E-state index in [0.717, 1.165) is 12.3 Å². The summed E-state index contributed by atoms with van der Waals surface area (Å²) in [6.45, 7) is 0. The third kappa shape index (κ3) is 5.59. The fourth-order valence-electron chi connectivity index (χ4n) is 1.46. The summed E-state index contributed by atoms with van der Waals surface area (Å²) in [5.74, 6) is 1.06. The van der Waals surface area contributed by atoms with E-state index < -0.39 is 0 Å². The molecule has 70 valence electrons. The molecule has 0 aromatic heterocycles. The second kappa shape index (κ2) is 5.58. The van der Waals surface area contributed by atoms with Crippen LogP contribution in [-0.2, 0) is 4.79 Å². The lowest BCUT2D eigenvalue weighted by Gasteiger charge is -1.97. The summed E-state index contributed by atoms with van der Waals surface area (Å²) in [6.07, 6.45) is 9.67. The van der Waals surface area contributed by atoms with Gasteiger partial charge < -0.3 is 0 Å². The van der Waals surface area contributed by atoms with E-state index in [1.54, 1.807) is 0 Å². The largest absolute Gasteiger partial charge is 0.281 e. The van der Waals surface area contributed by atoms with Gasteiger partial charge in [0.25, 0.3) is 0 Å². The minimum Gasteiger partial charge on any atom is -0.281 e. The number of carbonyl (C=O) groups is 1. The second-order valence-corrected chi connectivity index (χ2v) is 4.17. The van der Waals surface area contributed by atoms with E-state index in [9.17, 15) is 4.79 Å². The van der Waals surface area contributed by atoms with E-state index in [4.69, 9.17) is 11.6 Å². The fourth-order valence-corrected chi connectivity index (χ4v) is 1.59. The Morgan fingerprint density at radius 2 is 1.83 bits per heavy atom. The van der Waals surface area contributed by atoms with Gasteiger partial charge in [-0.1, -0.05) is 38.5 Å². The van der Waals surface area contributed by atoms with Crippen molar-refractivity contribution < 1.29 is 4.79 Å². The van der Waals surface area contributed by atoms with Crippen LogP contribution in [-0.4, -0.2) is 5.24 Å². The molecule has 2 heteroatoms. The Bertz CT molecular complexity index is 141. The molecule has 0 bridgehead atoms. The molecule has 1 aliphatic rings. The topological polar surface area (TPSA) is 17.1 Å². The first kappa shape index (κ1) is 10.0. The van der Waals surface area contributed by atoms with Crippen molar-refractivity contribution in [2.45, 2.75) is 51.4 Å². The lowest BCUT2D eigenvalue weighted by Crippen LogP contribution is -1.86. The van der Waals surface area contributed by atoms with Crippen molar-refractivity contribution in [2.24, 2.45) is 5.92 Å². The SMILES string of the molecule is O=C(Cl)CCCCCCC1CC1. The normalized spacial score (nSPS) is 16.4. The van der Waals surface area contributed by atoms with Crippen molar-refractivity contribution >= 4 is 16.8 Å². The van der Waals surface area contributed by atoms with Gasteiger partial charge in [0.05, 0.1) is 0 Å². The summed E-state index contributed by atoms with van der Waals surface area (Å²) < 4.78 is 0. The van der Waals surface area contributed by atoms with Crippen LogP contribution < -0.4 is 0 Å². The molecule has 1 aliphatic carbocycles. The van der Waals surface area contributed by atoms with Crippen LogP contribution >= 0.6 is 11.6 Å². The van der Waals surface area contributed by atoms with Gasteiger partial charge in [-0.15, -0.1) is 0 Å². The molecular formula is C10H17ClO. The zero-order valence-corrected chi connectivity index (χ0v) is 8.28. The Morgan fingerprint density at radius 1 is 1.17 bits per heavy atom. The highest BCUT2D eigenvalue weighted by atomic mass is 35.5. The van der Waals surface area contributed by atoms with E-state index in [1.807, 2.05) is 0 Å². The van der Waals surface area contributed by atoms with Gasteiger partial charge in [0.15, 0.2) is 0 Å². The van der Waals surface area contributed by atoms with Crippen LogP contribution in [0.15, 0.2) is 0 Å². The molecule has 0 saturated heterocycles. The minimum absolute atomic E-state index is 0.183. The van der Waals surface area contributed by atoms with E-state index in [0.29, 0.717) is 6.42 Å². The molecule has 1 fully saturated rings. The molecule has 0 spiro atoms. The maximum atomic E-state index is 10.4. The Hall–Kier alpha value is -0.0400. The van der Waals surface area contributed by atoms with Crippen LogP contribution in [0.5, 0.6) is 0 Å². The summed E-state index contributed by atoms with van der Waals surface area (Å²) >= 11 is 5.21. The summed E-state index contributed by atoms with van der Waals surface area (Å²) in [6, 6.07) is 0. The Morgan fingerprint density at radius 3 is 2.42 bits per heavy atom. The zero-order chi connectivity index (χ0) is 8.81. The zero-order valence-electron chi connectivity index (χ0n) is 7.52. The predicted octanol–water partition coefficient (Wildman–Crippen LogP) is 3.50. The Labute approximate surface area is 79.5 Å². The highest BCUT2D eigenvalue weighted by Gasteiger charge is 2.19. The first-order valence-corrected chi connectivity index (χ1v) is 5.35. The van der Waals surface area contributed by atoms with Crippen LogP contribution in [0.4, 0.5) is 0 Å².